The van der Waals surface area contributed by atoms with E-state index in [2.05, 4.69) is 19.8 Å². The van der Waals surface area contributed by atoms with E-state index in [4.69, 9.17) is 14.1 Å². The molecule has 0 saturated carbocycles. The second kappa shape index (κ2) is 14.0. The lowest BCUT2D eigenvalue weighted by molar-refractivity contribution is -0.160. The number of rotatable bonds is 13. The van der Waals surface area contributed by atoms with Crippen LogP contribution in [0.4, 0.5) is 5.69 Å². The molecule has 0 spiro atoms. The molecule has 3 aromatic rings. The van der Waals surface area contributed by atoms with E-state index in [-0.39, 0.29) is 5.03 Å². The average Bonchev–Trinajstić information content (AvgIpc) is 3.63. The molecule has 1 atom stereocenters. The van der Waals surface area contributed by atoms with Gasteiger partial charge in [0.1, 0.15) is 22.3 Å². The average molecular weight is 640 g/mol. The number of fused-ring (bicyclic) bond motifs is 1. The van der Waals surface area contributed by atoms with E-state index < -0.39 is 21.2 Å². The minimum atomic E-state index is -3.92. The highest BCUT2D eigenvalue weighted by atomic mass is 32.2. The summed E-state index contributed by atoms with van der Waals surface area (Å²) in [5.74, 6) is 2.70. The highest BCUT2D eigenvalue weighted by Gasteiger charge is 2.29. The molecule has 41 heavy (non-hydrogen) atoms. The van der Waals surface area contributed by atoms with Crippen LogP contribution in [0.15, 0.2) is 52.6 Å². The Morgan fingerprint density at radius 3 is 2.85 bits per heavy atom. The zero-order chi connectivity index (χ0) is 28.8. The van der Waals surface area contributed by atoms with Crippen molar-refractivity contribution in [1.29, 1.82) is 0 Å². The predicted octanol–water partition coefficient (Wildman–Crippen LogP) is 3.31. The minimum absolute atomic E-state index is 0.0379. The van der Waals surface area contributed by atoms with Crippen molar-refractivity contribution in [3.63, 3.8) is 0 Å². The Labute approximate surface area is 251 Å². The van der Waals surface area contributed by atoms with Crippen LogP contribution in [-0.4, -0.2) is 102 Å². The van der Waals surface area contributed by atoms with E-state index in [0.29, 0.717) is 47.5 Å². The first-order chi connectivity index (χ1) is 19.8. The van der Waals surface area contributed by atoms with E-state index in [9.17, 15) is 13.0 Å². The first kappa shape index (κ1) is 30.5. The topological polar surface area (TPSA) is 132 Å². The summed E-state index contributed by atoms with van der Waals surface area (Å²) in [5.41, 5.74) is 1.96. The molecule has 0 aliphatic carbocycles. The molecular weight excluding hydrogens is 607 g/mol. The van der Waals surface area contributed by atoms with E-state index in [1.165, 1.54) is 42.8 Å². The number of nitrogens with one attached hydrogen (secondary N) is 1. The standard InChI is InChI=1S/C26H33N5O6S4/c1-30(41(33,34)24-6-3-4-7-27-24)23-16-20(36-10-5-11-38-37-35-2)14-19-15-22(29-25(19)23)26-28-17-21(39-26)18-31-8-12-40(32)13-9-31/h3-4,6-7,14-16,21,29H,5,8-13,17-18H2,1-2H3. The van der Waals surface area contributed by atoms with Gasteiger partial charge in [-0.3, -0.25) is 14.2 Å². The number of hydrogen-bond acceptors (Lipinski definition) is 11. The third kappa shape index (κ3) is 7.51. The van der Waals surface area contributed by atoms with E-state index in [1.807, 2.05) is 12.1 Å². The van der Waals surface area contributed by atoms with Crippen LogP contribution in [0.1, 0.15) is 12.1 Å². The first-order valence-corrected chi connectivity index (χ1v) is 17.9. The number of H-pyrrole nitrogens is 1. The Bertz CT molecular complexity index is 1450. The Morgan fingerprint density at radius 1 is 1.27 bits per heavy atom. The summed E-state index contributed by atoms with van der Waals surface area (Å²) >= 11 is 2.22. The van der Waals surface area contributed by atoms with Crippen LogP contribution in [0.3, 0.4) is 0 Å². The lowest BCUT2D eigenvalue weighted by atomic mass is 10.2. The fraction of sp³-hybridized carbons (Fsp3) is 0.462. The molecule has 0 radical (unpaired) electrons. The molecular formula is C26H33N5O6S4. The van der Waals surface area contributed by atoms with Gasteiger partial charge >= 0.3 is 0 Å². The first-order valence-electron chi connectivity index (χ1n) is 13.2. The number of pyridine rings is 1. The van der Waals surface area contributed by atoms with Crippen molar-refractivity contribution in [3.8, 4) is 5.75 Å². The van der Waals surface area contributed by atoms with Gasteiger partial charge in [0.25, 0.3) is 10.0 Å². The van der Waals surface area contributed by atoms with E-state index in [0.717, 1.165) is 47.3 Å². The fourth-order valence-corrected chi connectivity index (χ4v) is 8.40. The summed E-state index contributed by atoms with van der Waals surface area (Å²) in [6, 6.07) is 10.4. The summed E-state index contributed by atoms with van der Waals surface area (Å²) in [6.45, 7) is 3.73. The van der Waals surface area contributed by atoms with Gasteiger partial charge in [-0.2, -0.15) is 12.8 Å². The van der Waals surface area contributed by atoms with Crippen molar-refractivity contribution >= 4 is 66.6 Å². The maximum absolute atomic E-state index is 13.5. The number of benzene rings is 1. The molecule has 5 rings (SSSR count). The summed E-state index contributed by atoms with van der Waals surface area (Å²) < 4.78 is 50.8. The Balaban J connectivity index is 1.38. The van der Waals surface area contributed by atoms with Crippen LogP contribution in [0, 0.1) is 0 Å². The summed E-state index contributed by atoms with van der Waals surface area (Å²) in [4.78, 5) is 19.3. The molecule has 2 aromatic heterocycles. The van der Waals surface area contributed by atoms with E-state index in [1.54, 1.807) is 30.0 Å². The maximum atomic E-state index is 13.5. The smallest absolute Gasteiger partial charge is 0.281 e. The number of aromatic nitrogens is 2. The maximum Gasteiger partial charge on any atom is 0.281 e. The third-order valence-corrected chi connectivity index (χ3v) is 11.6. The number of ether oxygens (including phenoxy) is 1. The Morgan fingerprint density at radius 2 is 2.10 bits per heavy atom. The zero-order valence-corrected chi connectivity index (χ0v) is 26.1. The van der Waals surface area contributed by atoms with Gasteiger partial charge in [-0.1, -0.05) is 29.0 Å². The number of nitrogens with zero attached hydrogens (tertiary/aromatic N) is 4. The van der Waals surface area contributed by atoms with Crippen molar-refractivity contribution < 1.29 is 26.9 Å². The monoisotopic (exact) mass is 639 g/mol. The van der Waals surface area contributed by atoms with Gasteiger partial charge in [-0.05, 0) is 30.7 Å². The summed E-state index contributed by atoms with van der Waals surface area (Å²) in [7, 11) is -0.951. The molecule has 1 aromatic carbocycles. The molecule has 0 amide bonds. The highest BCUT2D eigenvalue weighted by molar-refractivity contribution is 8.15. The second-order valence-corrected chi connectivity index (χ2v) is 15.2. The quantitative estimate of drug-likeness (QED) is 0.0977. The summed E-state index contributed by atoms with van der Waals surface area (Å²) in [6.07, 6.45) is 2.17. The van der Waals surface area contributed by atoms with Gasteiger partial charge in [0.05, 0.1) is 37.2 Å². The second-order valence-electron chi connectivity index (χ2n) is 9.52. The van der Waals surface area contributed by atoms with Gasteiger partial charge < -0.3 is 14.3 Å². The van der Waals surface area contributed by atoms with Crippen molar-refractivity contribution in [1.82, 2.24) is 14.9 Å². The SMILES string of the molecule is COOSCCCOc1cc(N(C)S(=O)(=O)c2ccccn2)c2[nH]c(C3=NCC(CN4CC[S+]([O-])CC4)S3)cc2c1. The zero-order valence-electron chi connectivity index (χ0n) is 22.9. The van der Waals surface area contributed by atoms with E-state index >= 15 is 0 Å². The predicted molar refractivity (Wildman–Crippen MR) is 166 cm³/mol. The van der Waals surface area contributed by atoms with Crippen LogP contribution in [0.2, 0.25) is 0 Å². The van der Waals surface area contributed by atoms with Gasteiger partial charge in [-0.25, -0.2) is 9.87 Å². The fourth-order valence-electron chi connectivity index (χ4n) is 4.61. The van der Waals surface area contributed by atoms with Crippen LogP contribution >= 0.6 is 23.8 Å². The Kier molecular flexibility index (Phi) is 10.4. The van der Waals surface area contributed by atoms with Crippen LogP contribution in [0.5, 0.6) is 5.75 Å². The van der Waals surface area contributed by atoms with Crippen LogP contribution in [0.25, 0.3) is 10.9 Å². The number of aliphatic imine (C=N–C) groups is 1. The van der Waals surface area contributed by atoms with Gasteiger partial charge in [0.2, 0.25) is 0 Å². The molecule has 1 N–H and O–H groups in total. The lowest BCUT2D eigenvalue weighted by Crippen LogP contribution is -2.43. The highest BCUT2D eigenvalue weighted by Crippen LogP contribution is 2.36. The molecule has 2 aliphatic rings. The van der Waals surface area contributed by atoms with Crippen molar-refractivity contribution in [3.05, 3.63) is 48.3 Å². The molecule has 1 fully saturated rings. The van der Waals surface area contributed by atoms with Crippen molar-refractivity contribution in [2.75, 3.05) is 68.5 Å². The molecule has 1 saturated heterocycles. The molecule has 1 unspecified atom stereocenters. The van der Waals surface area contributed by atoms with Crippen molar-refractivity contribution in [2.24, 2.45) is 4.99 Å². The lowest BCUT2D eigenvalue weighted by Gasteiger charge is -2.29. The normalized spacial score (nSPS) is 18.6. The largest absolute Gasteiger partial charge is 0.616 e. The number of thioether (sulfide) groups is 1. The minimum Gasteiger partial charge on any atom is -0.616 e. The molecule has 222 valence electrons. The molecule has 11 nitrogen and oxygen atoms in total. The molecule has 0 bridgehead atoms. The molecule has 15 heteroatoms. The Hall–Kier alpha value is -1.98. The van der Waals surface area contributed by atoms with Crippen molar-refractivity contribution in [2.45, 2.75) is 16.7 Å². The van der Waals surface area contributed by atoms with Gasteiger partial charge in [0.15, 0.2) is 5.03 Å². The van der Waals surface area contributed by atoms with Gasteiger partial charge in [-0.15, -0.1) is 0 Å². The number of sulfonamides is 1. The summed E-state index contributed by atoms with van der Waals surface area (Å²) in [5, 5.41) is 1.99. The van der Waals surface area contributed by atoms with Crippen LogP contribution in [-0.2, 0) is 30.4 Å². The molecule has 2 aliphatic heterocycles. The van der Waals surface area contributed by atoms with Gasteiger partial charge in [0, 0.05) is 67.4 Å². The number of hydrogen-bond donors (Lipinski definition) is 1. The number of aromatic amines is 1. The number of anilines is 1. The third-order valence-electron chi connectivity index (χ3n) is 6.72. The van der Waals surface area contributed by atoms with Crippen LogP contribution < -0.4 is 9.04 Å². The molecule has 4 heterocycles.